The van der Waals surface area contributed by atoms with Gasteiger partial charge in [0.1, 0.15) is 18.1 Å². The maximum Gasteiger partial charge on any atom is 0.336 e. The van der Waals surface area contributed by atoms with Crippen molar-refractivity contribution >= 4 is 17.6 Å². The Bertz CT molecular complexity index is 990. The number of carboxylic acid groups (broad SMARTS) is 1. The normalized spacial score (nSPS) is 11.1. The molecule has 0 aliphatic heterocycles. The Hall–Kier alpha value is -3.53. The van der Waals surface area contributed by atoms with Crippen molar-refractivity contribution in [3.63, 3.8) is 0 Å². The Kier molecular flexibility index (Phi) is 6.12. The maximum absolute atomic E-state index is 11.8. The molecule has 0 aliphatic carbocycles. The van der Waals surface area contributed by atoms with E-state index in [-0.39, 0.29) is 5.57 Å². The van der Waals surface area contributed by atoms with E-state index in [1.54, 1.807) is 43.5 Å². The summed E-state index contributed by atoms with van der Waals surface area (Å²) in [5.74, 6) is 0.218. The van der Waals surface area contributed by atoms with Gasteiger partial charge in [-0.25, -0.2) is 4.79 Å². The predicted octanol–water partition coefficient (Wildman–Crippen LogP) is 5.21. The molecule has 0 spiro atoms. The fourth-order valence-corrected chi connectivity index (χ4v) is 2.89. The number of carbonyl (C=O) groups is 1. The lowest BCUT2D eigenvalue weighted by Gasteiger charge is -2.12. The van der Waals surface area contributed by atoms with Crippen molar-refractivity contribution in [1.82, 2.24) is 0 Å². The van der Waals surface area contributed by atoms with E-state index in [4.69, 9.17) is 9.47 Å². The average molecular weight is 374 g/mol. The van der Waals surface area contributed by atoms with E-state index in [9.17, 15) is 9.90 Å². The lowest BCUT2D eigenvalue weighted by Crippen LogP contribution is -2.01. The minimum atomic E-state index is -0.994. The molecule has 0 aliphatic rings. The largest absolute Gasteiger partial charge is 0.497 e. The Balaban J connectivity index is 1.96. The molecule has 3 aromatic rings. The van der Waals surface area contributed by atoms with Crippen LogP contribution in [0.4, 0.5) is 0 Å². The first-order valence-electron chi connectivity index (χ1n) is 8.93. The minimum Gasteiger partial charge on any atom is -0.497 e. The van der Waals surface area contributed by atoms with Gasteiger partial charge in [0.25, 0.3) is 0 Å². The standard InChI is InChI=1S/C24H22O4/c1-17-7-6-8-18(13-17)16-28-23-15-21(27-2)12-11-20(23)14-22(24(25)26)19-9-4-3-5-10-19/h3-15H,16H2,1-2H3,(H,25,26)/b22-14-. The molecule has 0 unspecified atom stereocenters. The Morgan fingerprint density at radius 1 is 1.00 bits per heavy atom. The first-order chi connectivity index (χ1) is 13.6. The van der Waals surface area contributed by atoms with E-state index in [1.807, 2.05) is 43.3 Å². The molecule has 1 N–H and O–H groups in total. The van der Waals surface area contributed by atoms with Gasteiger partial charge in [0.15, 0.2) is 0 Å². The zero-order chi connectivity index (χ0) is 19.9. The number of aliphatic carboxylic acids is 1. The summed E-state index contributed by atoms with van der Waals surface area (Å²) in [6, 6.07) is 22.5. The first kappa shape index (κ1) is 19.2. The van der Waals surface area contributed by atoms with E-state index in [1.165, 1.54) is 0 Å². The van der Waals surface area contributed by atoms with Gasteiger partial charge in [0.05, 0.1) is 12.7 Å². The number of carboxylic acids is 1. The molecule has 0 fully saturated rings. The first-order valence-corrected chi connectivity index (χ1v) is 8.93. The van der Waals surface area contributed by atoms with Gasteiger partial charge in [-0.05, 0) is 36.3 Å². The highest BCUT2D eigenvalue weighted by atomic mass is 16.5. The second-order valence-corrected chi connectivity index (χ2v) is 6.41. The fraction of sp³-hybridized carbons (Fsp3) is 0.125. The van der Waals surface area contributed by atoms with Crippen LogP contribution in [0.2, 0.25) is 0 Å². The smallest absolute Gasteiger partial charge is 0.336 e. The molecule has 28 heavy (non-hydrogen) atoms. The van der Waals surface area contributed by atoms with Gasteiger partial charge < -0.3 is 14.6 Å². The zero-order valence-corrected chi connectivity index (χ0v) is 15.9. The third-order valence-electron chi connectivity index (χ3n) is 4.31. The van der Waals surface area contributed by atoms with Gasteiger partial charge >= 0.3 is 5.97 Å². The summed E-state index contributed by atoms with van der Waals surface area (Å²) in [7, 11) is 1.59. The quantitative estimate of drug-likeness (QED) is 0.456. The third-order valence-corrected chi connectivity index (χ3v) is 4.31. The van der Waals surface area contributed by atoms with Crippen molar-refractivity contribution in [2.75, 3.05) is 7.11 Å². The van der Waals surface area contributed by atoms with Gasteiger partial charge in [-0.15, -0.1) is 0 Å². The molecule has 0 saturated heterocycles. The molecule has 0 heterocycles. The van der Waals surface area contributed by atoms with E-state index < -0.39 is 5.97 Å². The number of rotatable bonds is 7. The number of aryl methyl sites for hydroxylation is 1. The van der Waals surface area contributed by atoms with E-state index in [2.05, 4.69) is 6.07 Å². The van der Waals surface area contributed by atoms with Crippen LogP contribution in [0.25, 0.3) is 11.6 Å². The zero-order valence-electron chi connectivity index (χ0n) is 15.9. The number of methoxy groups -OCH3 is 1. The molecule has 3 aromatic carbocycles. The Morgan fingerprint density at radius 2 is 1.79 bits per heavy atom. The van der Waals surface area contributed by atoms with Crippen molar-refractivity contribution in [1.29, 1.82) is 0 Å². The van der Waals surface area contributed by atoms with Crippen LogP contribution in [0.5, 0.6) is 11.5 Å². The molecule has 142 valence electrons. The van der Waals surface area contributed by atoms with Crippen molar-refractivity contribution in [3.8, 4) is 11.5 Å². The SMILES string of the molecule is COc1ccc(/C=C(\C(=O)O)c2ccccc2)c(OCc2cccc(C)c2)c1. The molecule has 0 radical (unpaired) electrons. The van der Waals surface area contributed by atoms with Crippen LogP contribution >= 0.6 is 0 Å². The van der Waals surface area contributed by atoms with Gasteiger partial charge in [-0.3, -0.25) is 0 Å². The van der Waals surface area contributed by atoms with Crippen LogP contribution in [0.1, 0.15) is 22.3 Å². The van der Waals surface area contributed by atoms with Crippen molar-refractivity contribution < 1.29 is 19.4 Å². The van der Waals surface area contributed by atoms with Crippen LogP contribution in [0.15, 0.2) is 72.8 Å². The van der Waals surface area contributed by atoms with Crippen molar-refractivity contribution in [2.24, 2.45) is 0 Å². The second kappa shape index (κ2) is 8.91. The van der Waals surface area contributed by atoms with Crippen molar-refractivity contribution in [2.45, 2.75) is 13.5 Å². The fourth-order valence-electron chi connectivity index (χ4n) is 2.89. The van der Waals surface area contributed by atoms with Crippen LogP contribution < -0.4 is 9.47 Å². The molecular formula is C24H22O4. The second-order valence-electron chi connectivity index (χ2n) is 6.41. The van der Waals surface area contributed by atoms with Crippen molar-refractivity contribution in [3.05, 3.63) is 95.1 Å². The van der Waals surface area contributed by atoms with Gasteiger partial charge in [0, 0.05) is 11.6 Å². The number of ether oxygens (including phenoxy) is 2. The number of hydrogen-bond acceptors (Lipinski definition) is 3. The summed E-state index contributed by atoms with van der Waals surface area (Å²) in [5, 5.41) is 9.68. The lowest BCUT2D eigenvalue weighted by molar-refractivity contribution is -0.130. The van der Waals surface area contributed by atoms with Gasteiger partial charge in [0.2, 0.25) is 0 Å². The molecule has 3 rings (SSSR count). The van der Waals surface area contributed by atoms with Crippen LogP contribution in [-0.4, -0.2) is 18.2 Å². The van der Waals surface area contributed by atoms with Gasteiger partial charge in [-0.1, -0.05) is 60.2 Å². The van der Waals surface area contributed by atoms with E-state index in [0.717, 1.165) is 11.1 Å². The Morgan fingerprint density at radius 3 is 2.46 bits per heavy atom. The summed E-state index contributed by atoms with van der Waals surface area (Å²) in [6.45, 7) is 2.41. The van der Waals surface area contributed by atoms with E-state index in [0.29, 0.717) is 29.2 Å². The third kappa shape index (κ3) is 4.80. The molecule has 0 atom stereocenters. The monoisotopic (exact) mass is 374 g/mol. The number of benzene rings is 3. The highest BCUT2D eigenvalue weighted by Gasteiger charge is 2.13. The summed E-state index contributed by atoms with van der Waals surface area (Å²) >= 11 is 0. The predicted molar refractivity (Wildman–Crippen MR) is 110 cm³/mol. The maximum atomic E-state index is 11.8. The summed E-state index contributed by atoms with van der Waals surface area (Å²) in [4.78, 5) is 11.8. The van der Waals surface area contributed by atoms with Gasteiger partial charge in [-0.2, -0.15) is 0 Å². The summed E-state index contributed by atoms with van der Waals surface area (Å²) < 4.78 is 11.3. The van der Waals surface area contributed by atoms with Crippen LogP contribution in [0, 0.1) is 6.92 Å². The Labute approximate surface area is 164 Å². The highest BCUT2D eigenvalue weighted by molar-refractivity contribution is 6.20. The van der Waals surface area contributed by atoms with E-state index >= 15 is 0 Å². The summed E-state index contributed by atoms with van der Waals surface area (Å²) in [6.07, 6.45) is 1.63. The minimum absolute atomic E-state index is 0.200. The number of hydrogen-bond donors (Lipinski definition) is 1. The molecule has 0 saturated carbocycles. The topological polar surface area (TPSA) is 55.8 Å². The molecule has 0 amide bonds. The molecule has 4 nitrogen and oxygen atoms in total. The molecular weight excluding hydrogens is 352 g/mol. The average Bonchev–Trinajstić information content (AvgIpc) is 2.71. The highest BCUT2D eigenvalue weighted by Crippen LogP contribution is 2.30. The summed E-state index contributed by atoms with van der Waals surface area (Å²) in [5.41, 5.74) is 3.71. The molecule has 0 aromatic heterocycles. The van der Waals surface area contributed by atoms with Crippen LogP contribution in [-0.2, 0) is 11.4 Å². The van der Waals surface area contributed by atoms with Crippen LogP contribution in [0.3, 0.4) is 0 Å². The molecule has 0 bridgehead atoms. The lowest BCUT2D eigenvalue weighted by atomic mass is 10.0. The molecule has 4 heteroatoms.